The van der Waals surface area contributed by atoms with Gasteiger partial charge in [-0.05, 0) is 103 Å². The number of rotatable bonds is 11. The van der Waals surface area contributed by atoms with E-state index in [1.54, 1.807) is 0 Å². The zero-order valence-corrected chi connectivity index (χ0v) is 36.0. The minimum atomic E-state index is -1.28. The van der Waals surface area contributed by atoms with Crippen LogP contribution in [-0.2, 0) is 28.4 Å². The molecule has 286 valence electrons. The topological polar surface area (TPSA) is 38.8 Å². The molecule has 0 saturated heterocycles. The van der Waals surface area contributed by atoms with Crippen molar-refractivity contribution < 1.29 is 13.7 Å². The molecule has 0 N–H and O–H groups in total. The third-order valence-electron chi connectivity index (χ3n) is 11.2. The number of ether oxygens (including phenoxy) is 2. The third kappa shape index (κ3) is 9.53. The van der Waals surface area contributed by atoms with Crippen LogP contribution in [0, 0.1) is 0 Å². The molecule has 0 bridgehead atoms. The smallest absolute Gasteiger partial charge is 0.127 e. The first-order valence-corrected chi connectivity index (χ1v) is 22.6. The monoisotopic (exact) mass is 745 g/mol. The Hall–Kier alpha value is -2.20. The predicted octanol–water partition coefficient (Wildman–Crippen LogP) is 12.1. The van der Waals surface area contributed by atoms with Gasteiger partial charge >= 0.3 is 0 Å². The molecule has 0 spiro atoms. The van der Waals surface area contributed by atoms with Crippen LogP contribution in [0.2, 0.25) is 0 Å². The van der Waals surface area contributed by atoms with E-state index in [1.807, 2.05) is 7.11 Å². The highest BCUT2D eigenvalue weighted by Gasteiger charge is 2.40. The lowest BCUT2D eigenvalue weighted by Crippen LogP contribution is -2.40. The summed E-state index contributed by atoms with van der Waals surface area (Å²) in [7, 11) is 2.07. The quantitative estimate of drug-likeness (QED) is 0.183. The average Bonchev–Trinajstić information content (AvgIpc) is 3.11. The first-order valence-electron chi connectivity index (χ1n) is 20.0. The SMILES string of the molecule is COc1c(C(C)(C)C)cc([C@@H](c2cccc(OCc3ccccc3)c2P(C2CCCCC2)C2CCCCC2)N(C)S(=O)C(C)(C)C)cc1C(C)(C)C. The summed E-state index contributed by atoms with van der Waals surface area (Å²) in [5, 5.41) is 1.43. The molecule has 5 rings (SSSR count). The Kier molecular flexibility index (Phi) is 13.5. The molecule has 6 heteroatoms. The second-order valence-corrected chi connectivity index (χ2v) is 23.4. The van der Waals surface area contributed by atoms with Gasteiger partial charge in [0.05, 0.1) is 17.9 Å². The van der Waals surface area contributed by atoms with Gasteiger partial charge < -0.3 is 9.47 Å². The maximum absolute atomic E-state index is 14.7. The van der Waals surface area contributed by atoms with E-state index < -0.39 is 23.7 Å². The number of hydrogen-bond acceptors (Lipinski definition) is 3. The Morgan fingerprint density at radius 1 is 0.750 bits per heavy atom. The highest BCUT2D eigenvalue weighted by molar-refractivity contribution is 7.84. The highest BCUT2D eigenvalue weighted by Crippen LogP contribution is 2.58. The van der Waals surface area contributed by atoms with Crippen LogP contribution in [0.1, 0.15) is 160 Å². The van der Waals surface area contributed by atoms with Gasteiger partial charge in [-0.2, -0.15) is 0 Å². The van der Waals surface area contributed by atoms with Crippen molar-refractivity contribution >= 4 is 24.2 Å². The van der Waals surface area contributed by atoms with Gasteiger partial charge in [-0.3, -0.25) is 0 Å². The van der Waals surface area contributed by atoms with Crippen molar-refractivity contribution in [3.8, 4) is 11.5 Å². The molecule has 3 aromatic carbocycles. The van der Waals surface area contributed by atoms with Crippen LogP contribution in [0.15, 0.2) is 60.7 Å². The summed E-state index contributed by atoms with van der Waals surface area (Å²) < 4.78 is 29.7. The Morgan fingerprint density at radius 3 is 1.73 bits per heavy atom. The van der Waals surface area contributed by atoms with Gasteiger partial charge in [-0.15, -0.1) is 0 Å². The van der Waals surface area contributed by atoms with Gasteiger partial charge in [0, 0.05) is 23.5 Å². The van der Waals surface area contributed by atoms with Crippen molar-refractivity contribution in [2.45, 2.75) is 166 Å². The van der Waals surface area contributed by atoms with Crippen LogP contribution in [0.25, 0.3) is 0 Å². The largest absolute Gasteiger partial charge is 0.496 e. The Labute approximate surface area is 321 Å². The van der Waals surface area contributed by atoms with Gasteiger partial charge in [0.1, 0.15) is 29.1 Å². The molecule has 2 saturated carbocycles. The van der Waals surface area contributed by atoms with Crippen LogP contribution in [0.4, 0.5) is 0 Å². The minimum absolute atomic E-state index is 0.159. The maximum atomic E-state index is 14.7. The minimum Gasteiger partial charge on any atom is -0.496 e. The fourth-order valence-electron chi connectivity index (χ4n) is 8.53. The second-order valence-electron chi connectivity index (χ2n) is 18.4. The summed E-state index contributed by atoms with van der Waals surface area (Å²) in [6, 6.07) is 21.9. The van der Waals surface area contributed by atoms with Gasteiger partial charge in [-0.1, -0.05) is 130 Å². The molecule has 0 heterocycles. The molecule has 0 aliphatic heterocycles. The fraction of sp³-hybridized carbons (Fsp3) is 0.609. The normalized spacial score (nSPS) is 18.1. The van der Waals surface area contributed by atoms with Crippen LogP contribution < -0.4 is 14.8 Å². The van der Waals surface area contributed by atoms with Gasteiger partial charge in [-0.25, -0.2) is 8.51 Å². The predicted molar refractivity (Wildman–Crippen MR) is 225 cm³/mol. The molecule has 0 aromatic heterocycles. The summed E-state index contributed by atoms with van der Waals surface area (Å²) in [5.41, 5.74) is 7.06. The third-order valence-corrected chi connectivity index (χ3v) is 16.5. The van der Waals surface area contributed by atoms with Crippen molar-refractivity contribution in [1.29, 1.82) is 0 Å². The van der Waals surface area contributed by atoms with E-state index >= 15 is 0 Å². The Balaban J connectivity index is 1.84. The van der Waals surface area contributed by atoms with E-state index in [1.165, 1.54) is 97.3 Å². The zero-order valence-electron chi connectivity index (χ0n) is 34.3. The number of hydrogen-bond donors (Lipinski definition) is 0. The van der Waals surface area contributed by atoms with E-state index in [0.717, 1.165) is 11.5 Å². The lowest BCUT2D eigenvalue weighted by atomic mass is 9.77. The van der Waals surface area contributed by atoms with E-state index in [9.17, 15) is 4.21 Å². The van der Waals surface area contributed by atoms with E-state index in [2.05, 4.69) is 134 Å². The fourth-order valence-corrected chi connectivity index (χ4v) is 13.9. The van der Waals surface area contributed by atoms with Crippen molar-refractivity contribution in [1.82, 2.24) is 4.31 Å². The summed E-state index contributed by atoms with van der Waals surface area (Å²) in [6.45, 7) is 20.5. The number of nitrogens with zero attached hydrogens (tertiary/aromatic N) is 1. The van der Waals surface area contributed by atoms with Crippen molar-refractivity contribution in [3.63, 3.8) is 0 Å². The first-order chi connectivity index (χ1) is 24.5. The van der Waals surface area contributed by atoms with Crippen LogP contribution >= 0.6 is 7.92 Å². The number of benzene rings is 3. The summed E-state index contributed by atoms with van der Waals surface area (Å²) >= 11 is 0. The van der Waals surface area contributed by atoms with E-state index in [4.69, 9.17) is 9.47 Å². The molecule has 2 aliphatic rings. The van der Waals surface area contributed by atoms with Gasteiger partial charge in [0.15, 0.2) is 0 Å². The molecule has 2 fully saturated rings. The zero-order chi connectivity index (χ0) is 37.8. The lowest BCUT2D eigenvalue weighted by Gasteiger charge is -2.42. The lowest BCUT2D eigenvalue weighted by molar-refractivity contribution is 0.308. The van der Waals surface area contributed by atoms with Crippen molar-refractivity contribution in [3.05, 3.63) is 88.5 Å². The van der Waals surface area contributed by atoms with Crippen LogP contribution in [0.3, 0.4) is 0 Å². The molecule has 2 atom stereocenters. The first kappa shape index (κ1) is 41.0. The standard InChI is InChI=1S/C46H68NO3PS/c1-44(2,3)38-30-34(31-39(42(38)49-11)45(4,5)6)41(47(10)52(48)46(7,8)9)37-28-21-29-40(50-32-33-22-15-12-16-23-33)43(37)51(35-24-17-13-18-25-35)36-26-19-14-20-27-36/h12,15-16,21-23,28-31,35-36,41H,13-14,17-20,24-27,32H2,1-11H3/t41-,52?/m0/s1. The molecule has 1 unspecified atom stereocenters. The van der Waals surface area contributed by atoms with Gasteiger partial charge in [0.2, 0.25) is 0 Å². The molecule has 0 amide bonds. The number of methoxy groups -OCH3 is 1. The van der Waals surface area contributed by atoms with Crippen LogP contribution in [0.5, 0.6) is 11.5 Å². The highest BCUT2D eigenvalue weighted by atomic mass is 32.2. The van der Waals surface area contributed by atoms with E-state index in [0.29, 0.717) is 17.9 Å². The van der Waals surface area contributed by atoms with Crippen molar-refractivity contribution in [2.24, 2.45) is 0 Å². The maximum Gasteiger partial charge on any atom is 0.127 e. The van der Waals surface area contributed by atoms with Crippen LogP contribution in [-0.4, -0.2) is 38.7 Å². The summed E-state index contributed by atoms with van der Waals surface area (Å²) in [5.74, 6) is 2.00. The Morgan fingerprint density at radius 2 is 1.27 bits per heavy atom. The summed E-state index contributed by atoms with van der Waals surface area (Å²) in [6.07, 6.45) is 13.2. The second kappa shape index (κ2) is 17.1. The molecule has 52 heavy (non-hydrogen) atoms. The molecule has 0 radical (unpaired) electrons. The molecule has 2 aliphatic carbocycles. The van der Waals surface area contributed by atoms with Gasteiger partial charge in [0.25, 0.3) is 0 Å². The molecular formula is C46H68NO3PS. The van der Waals surface area contributed by atoms with E-state index in [-0.39, 0.29) is 16.9 Å². The molecule has 3 aromatic rings. The molecule has 4 nitrogen and oxygen atoms in total. The average molecular weight is 746 g/mol. The summed E-state index contributed by atoms with van der Waals surface area (Å²) in [4.78, 5) is 0. The molecular weight excluding hydrogens is 678 g/mol. The van der Waals surface area contributed by atoms with Crippen molar-refractivity contribution in [2.75, 3.05) is 14.2 Å². The Bertz CT molecular complexity index is 1590.